The molecule has 0 unspecified atom stereocenters. The molecule has 0 saturated heterocycles. The first-order chi connectivity index (χ1) is 8.83. The van der Waals surface area contributed by atoms with Gasteiger partial charge in [0.05, 0.1) is 5.69 Å². The van der Waals surface area contributed by atoms with Crippen LogP contribution in [0.2, 0.25) is 0 Å². The molecule has 1 N–H and O–H groups in total. The van der Waals surface area contributed by atoms with E-state index in [4.69, 9.17) is 4.74 Å². The summed E-state index contributed by atoms with van der Waals surface area (Å²) in [4.78, 5) is 13.1. The molecule has 0 spiro atoms. The predicted octanol–water partition coefficient (Wildman–Crippen LogP) is 5.14. The standard InChI is InChI=1S/C15H25NO2S/c1-6-7-8-9-13-11(2)12(10-19-13)16-14(17)18-15(3,4)5/h10H,6-9H2,1-5H3,(H,16,17). The van der Waals surface area contributed by atoms with E-state index < -0.39 is 5.60 Å². The minimum Gasteiger partial charge on any atom is -0.444 e. The van der Waals surface area contributed by atoms with Gasteiger partial charge in [-0.25, -0.2) is 4.79 Å². The highest BCUT2D eigenvalue weighted by Crippen LogP contribution is 2.28. The highest BCUT2D eigenvalue weighted by Gasteiger charge is 2.17. The highest BCUT2D eigenvalue weighted by molar-refractivity contribution is 7.10. The number of hydrogen-bond acceptors (Lipinski definition) is 3. The van der Waals surface area contributed by atoms with E-state index in [0.29, 0.717) is 0 Å². The van der Waals surface area contributed by atoms with Crippen molar-refractivity contribution in [1.82, 2.24) is 0 Å². The lowest BCUT2D eigenvalue weighted by molar-refractivity contribution is 0.0636. The maximum Gasteiger partial charge on any atom is 0.412 e. The lowest BCUT2D eigenvalue weighted by atomic mass is 10.1. The van der Waals surface area contributed by atoms with E-state index in [-0.39, 0.29) is 6.09 Å². The summed E-state index contributed by atoms with van der Waals surface area (Å²) in [7, 11) is 0. The quantitative estimate of drug-likeness (QED) is 0.760. The largest absolute Gasteiger partial charge is 0.444 e. The first kappa shape index (κ1) is 16.0. The van der Waals surface area contributed by atoms with Crippen LogP contribution in [0.25, 0.3) is 0 Å². The Kier molecular flexibility index (Phi) is 5.85. The third-order valence-corrected chi connectivity index (χ3v) is 3.93. The number of ether oxygens (including phenoxy) is 1. The number of hydrogen-bond donors (Lipinski definition) is 1. The summed E-state index contributed by atoms with van der Waals surface area (Å²) in [6, 6.07) is 0. The topological polar surface area (TPSA) is 38.3 Å². The predicted molar refractivity (Wildman–Crippen MR) is 82.1 cm³/mol. The number of unbranched alkanes of at least 4 members (excludes halogenated alkanes) is 2. The summed E-state index contributed by atoms with van der Waals surface area (Å²) in [5.41, 5.74) is 1.59. The Labute approximate surface area is 120 Å². The molecule has 0 aromatic carbocycles. The fourth-order valence-electron chi connectivity index (χ4n) is 1.78. The molecule has 0 aliphatic rings. The number of nitrogens with one attached hydrogen (secondary N) is 1. The second kappa shape index (κ2) is 6.94. The first-order valence-corrected chi connectivity index (χ1v) is 7.78. The molecule has 0 aliphatic heterocycles. The molecule has 1 aromatic rings. The van der Waals surface area contributed by atoms with Gasteiger partial charge in [-0.15, -0.1) is 11.3 Å². The fraction of sp³-hybridized carbons (Fsp3) is 0.667. The van der Waals surface area contributed by atoms with E-state index >= 15 is 0 Å². The second-order valence-corrected chi connectivity index (χ2v) is 6.75. The summed E-state index contributed by atoms with van der Waals surface area (Å²) < 4.78 is 5.26. The third kappa shape index (κ3) is 5.64. The molecule has 4 heteroatoms. The number of rotatable bonds is 5. The van der Waals surface area contributed by atoms with Crippen molar-refractivity contribution in [2.75, 3.05) is 5.32 Å². The van der Waals surface area contributed by atoms with E-state index in [2.05, 4.69) is 19.2 Å². The number of carbonyl (C=O) groups is 1. The van der Waals surface area contributed by atoms with Gasteiger partial charge < -0.3 is 4.74 Å². The van der Waals surface area contributed by atoms with Crippen LogP contribution < -0.4 is 5.32 Å². The molecule has 1 rings (SSSR count). The van der Waals surface area contributed by atoms with Crippen LogP contribution in [-0.2, 0) is 11.2 Å². The molecule has 0 bridgehead atoms. The van der Waals surface area contributed by atoms with Gasteiger partial charge in [0.2, 0.25) is 0 Å². The van der Waals surface area contributed by atoms with Crippen LogP contribution >= 0.6 is 11.3 Å². The third-order valence-electron chi connectivity index (χ3n) is 2.78. The molecule has 1 aromatic heterocycles. The second-order valence-electron chi connectivity index (χ2n) is 5.78. The van der Waals surface area contributed by atoms with Crippen molar-refractivity contribution in [3.05, 3.63) is 15.8 Å². The average Bonchev–Trinajstić information content (AvgIpc) is 2.59. The van der Waals surface area contributed by atoms with Gasteiger partial charge in [0.1, 0.15) is 5.60 Å². The zero-order valence-electron chi connectivity index (χ0n) is 12.6. The van der Waals surface area contributed by atoms with Crippen molar-refractivity contribution < 1.29 is 9.53 Å². The SMILES string of the molecule is CCCCCc1scc(NC(=O)OC(C)(C)C)c1C. The van der Waals surface area contributed by atoms with Crippen LogP contribution in [0.15, 0.2) is 5.38 Å². The molecule has 1 heterocycles. The number of amides is 1. The number of anilines is 1. The van der Waals surface area contributed by atoms with Crippen LogP contribution in [0, 0.1) is 6.92 Å². The fourth-order valence-corrected chi connectivity index (χ4v) is 2.82. The summed E-state index contributed by atoms with van der Waals surface area (Å²) in [5.74, 6) is 0. The monoisotopic (exact) mass is 283 g/mol. The number of aryl methyl sites for hydroxylation is 1. The van der Waals surface area contributed by atoms with E-state index in [1.165, 1.54) is 29.7 Å². The summed E-state index contributed by atoms with van der Waals surface area (Å²) in [5, 5.41) is 4.83. The van der Waals surface area contributed by atoms with E-state index in [9.17, 15) is 4.79 Å². The Hall–Kier alpha value is -1.03. The van der Waals surface area contributed by atoms with Crippen LogP contribution in [0.3, 0.4) is 0 Å². The summed E-state index contributed by atoms with van der Waals surface area (Å²) >= 11 is 1.72. The maximum absolute atomic E-state index is 11.7. The zero-order valence-corrected chi connectivity index (χ0v) is 13.4. The normalized spacial score (nSPS) is 11.4. The van der Waals surface area contributed by atoms with Crippen LogP contribution in [0.4, 0.5) is 10.5 Å². The molecule has 0 saturated carbocycles. The lowest BCUT2D eigenvalue weighted by Gasteiger charge is -2.19. The van der Waals surface area contributed by atoms with E-state index in [0.717, 1.165) is 12.1 Å². The smallest absolute Gasteiger partial charge is 0.412 e. The van der Waals surface area contributed by atoms with Crippen molar-refractivity contribution >= 4 is 23.1 Å². The minimum atomic E-state index is -0.460. The minimum absolute atomic E-state index is 0.381. The lowest BCUT2D eigenvalue weighted by Crippen LogP contribution is -2.27. The van der Waals surface area contributed by atoms with Gasteiger partial charge >= 0.3 is 6.09 Å². The molecule has 108 valence electrons. The molecule has 3 nitrogen and oxygen atoms in total. The van der Waals surface area contributed by atoms with Gasteiger partial charge in [0.15, 0.2) is 0 Å². The highest BCUT2D eigenvalue weighted by atomic mass is 32.1. The van der Waals surface area contributed by atoms with Crippen LogP contribution in [0.5, 0.6) is 0 Å². The Balaban J connectivity index is 2.58. The van der Waals surface area contributed by atoms with Gasteiger partial charge in [-0.3, -0.25) is 5.32 Å². The molecule has 0 radical (unpaired) electrons. The van der Waals surface area contributed by atoms with Crippen molar-refractivity contribution in [2.45, 2.75) is 65.9 Å². The molecular weight excluding hydrogens is 258 g/mol. The average molecular weight is 283 g/mol. The van der Waals surface area contributed by atoms with Crippen LogP contribution in [-0.4, -0.2) is 11.7 Å². The number of carbonyl (C=O) groups excluding carboxylic acids is 1. The van der Waals surface area contributed by atoms with Crippen LogP contribution in [0.1, 0.15) is 57.4 Å². The molecular formula is C15H25NO2S. The molecule has 1 amide bonds. The van der Waals surface area contributed by atoms with Crippen molar-refractivity contribution in [1.29, 1.82) is 0 Å². The molecule has 19 heavy (non-hydrogen) atoms. The van der Waals surface area contributed by atoms with Gasteiger partial charge in [-0.2, -0.15) is 0 Å². The van der Waals surface area contributed by atoms with Gasteiger partial charge in [0, 0.05) is 10.3 Å². The van der Waals surface area contributed by atoms with Crippen molar-refractivity contribution in [2.24, 2.45) is 0 Å². The Bertz CT molecular complexity index is 418. The molecule has 0 atom stereocenters. The maximum atomic E-state index is 11.7. The Morgan fingerprint density at radius 3 is 2.63 bits per heavy atom. The van der Waals surface area contributed by atoms with E-state index in [1.807, 2.05) is 26.2 Å². The Morgan fingerprint density at radius 1 is 1.37 bits per heavy atom. The summed E-state index contributed by atoms with van der Waals surface area (Å²) in [6.45, 7) is 9.86. The van der Waals surface area contributed by atoms with Gasteiger partial charge in [-0.1, -0.05) is 19.8 Å². The van der Waals surface area contributed by atoms with Gasteiger partial charge in [-0.05, 0) is 46.1 Å². The van der Waals surface area contributed by atoms with Crippen molar-refractivity contribution in [3.63, 3.8) is 0 Å². The van der Waals surface area contributed by atoms with Crippen molar-refractivity contribution in [3.8, 4) is 0 Å². The summed E-state index contributed by atoms with van der Waals surface area (Å²) in [6.07, 6.45) is 4.41. The van der Waals surface area contributed by atoms with Gasteiger partial charge in [0.25, 0.3) is 0 Å². The number of thiophene rings is 1. The first-order valence-electron chi connectivity index (χ1n) is 6.90. The molecule has 0 fully saturated rings. The Morgan fingerprint density at radius 2 is 2.05 bits per heavy atom. The van der Waals surface area contributed by atoms with E-state index in [1.54, 1.807) is 11.3 Å². The zero-order chi connectivity index (χ0) is 14.5. The molecule has 0 aliphatic carbocycles.